The quantitative estimate of drug-likeness (QED) is 0.407. The second-order valence-electron chi connectivity index (χ2n) is 9.19. The van der Waals surface area contributed by atoms with Crippen LogP contribution >= 0.6 is 11.3 Å². The normalized spacial score (nSPS) is 14.1. The van der Waals surface area contributed by atoms with Crippen LogP contribution in [0.3, 0.4) is 0 Å². The number of amides is 1. The molecule has 0 bridgehead atoms. The average Bonchev–Trinajstić information content (AvgIpc) is 3.17. The van der Waals surface area contributed by atoms with Crippen LogP contribution in [0.2, 0.25) is 0 Å². The van der Waals surface area contributed by atoms with Crippen molar-refractivity contribution in [3.63, 3.8) is 0 Å². The molecule has 3 aromatic rings. The number of benzene rings is 2. The molecule has 2 aromatic carbocycles. The first-order valence-corrected chi connectivity index (χ1v) is 14.3. The van der Waals surface area contributed by atoms with Gasteiger partial charge < -0.3 is 14.0 Å². The fourth-order valence-electron chi connectivity index (χ4n) is 4.57. The molecule has 1 aliphatic rings. The number of likely N-dealkylation sites (N-methyl/N-ethyl adjacent to an activating group) is 1. The van der Waals surface area contributed by atoms with Crippen LogP contribution < -0.4 is 4.18 Å². The molecule has 1 amide bonds. The van der Waals surface area contributed by atoms with Crippen LogP contribution in [-0.2, 0) is 23.0 Å². The minimum Gasteiger partial charge on any atom is -0.383 e. The molecule has 1 aliphatic heterocycles. The van der Waals surface area contributed by atoms with Crippen molar-refractivity contribution in [3.8, 4) is 5.75 Å². The third-order valence-electron chi connectivity index (χ3n) is 6.62. The average molecular weight is 501 g/mol. The summed E-state index contributed by atoms with van der Waals surface area (Å²) in [6.07, 6.45) is 3.84. The van der Waals surface area contributed by atoms with Gasteiger partial charge in [-0.2, -0.15) is 8.42 Å². The predicted octanol–water partition coefficient (Wildman–Crippen LogP) is 4.42. The number of nitrogens with zero attached hydrogens (tertiary/aromatic N) is 2. The van der Waals surface area contributed by atoms with Gasteiger partial charge in [0, 0.05) is 29.9 Å². The number of thiophene rings is 1. The Labute approximate surface area is 206 Å². The van der Waals surface area contributed by atoms with E-state index >= 15 is 0 Å². The van der Waals surface area contributed by atoms with E-state index in [1.807, 2.05) is 17.0 Å². The van der Waals surface area contributed by atoms with E-state index in [0.29, 0.717) is 5.75 Å². The summed E-state index contributed by atoms with van der Waals surface area (Å²) in [4.78, 5) is 17.2. The number of hydrogen-bond donors (Lipinski definition) is 0. The van der Waals surface area contributed by atoms with E-state index in [2.05, 4.69) is 37.2 Å². The van der Waals surface area contributed by atoms with Gasteiger partial charge in [0.1, 0.15) is 5.75 Å². The predicted molar refractivity (Wildman–Crippen MR) is 139 cm³/mol. The van der Waals surface area contributed by atoms with Crippen LogP contribution in [-0.4, -0.2) is 63.6 Å². The molecule has 1 aromatic heterocycles. The molecule has 182 valence electrons. The van der Waals surface area contributed by atoms with Crippen LogP contribution in [0.15, 0.2) is 35.7 Å². The van der Waals surface area contributed by atoms with Crippen LogP contribution in [0.25, 0.3) is 10.1 Å². The number of fused-ring (bicyclic) bond motifs is 2. The van der Waals surface area contributed by atoms with E-state index < -0.39 is 10.1 Å². The highest BCUT2D eigenvalue weighted by Gasteiger charge is 2.25. The van der Waals surface area contributed by atoms with E-state index in [1.165, 1.54) is 22.3 Å². The topological polar surface area (TPSA) is 66.9 Å². The summed E-state index contributed by atoms with van der Waals surface area (Å²) in [6, 6.07) is 9.46. The van der Waals surface area contributed by atoms with Crippen LogP contribution in [0, 0.1) is 13.8 Å². The first-order valence-electron chi connectivity index (χ1n) is 11.6. The van der Waals surface area contributed by atoms with E-state index in [0.717, 1.165) is 67.3 Å². The molecule has 0 fully saturated rings. The lowest BCUT2D eigenvalue weighted by molar-refractivity contribution is 0.0733. The highest BCUT2D eigenvalue weighted by Crippen LogP contribution is 2.30. The monoisotopic (exact) mass is 500 g/mol. The molecule has 0 atom stereocenters. The molecule has 0 saturated heterocycles. The van der Waals surface area contributed by atoms with Gasteiger partial charge >= 0.3 is 10.1 Å². The summed E-state index contributed by atoms with van der Waals surface area (Å²) >= 11 is 1.60. The number of hydrogen-bond acceptors (Lipinski definition) is 6. The zero-order valence-electron chi connectivity index (χ0n) is 20.3. The Morgan fingerprint density at radius 2 is 1.94 bits per heavy atom. The fraction of sp³-hybridized carbons (Fsp3) is 0.423. The standard InChI is InChI=1S/C26H32N2O4S2/c1-18-6-8-24-22(19(18)2)11-15-28(26(24)29)13-5-12-27(3)14-10-20-17-33-25-16-21(7-9-23(20)25)32-34(4,30)31/h6-9,16-17H,5,10-15H2,1-4H3. The molecule has 8 heteroatoms. The molecule has 6 nitrogen and oxygen atoms in total. The molecule has 0 aliphatic carbocycles. The van der Waals surface area contributed by atoms with Gasteiger partial charge in [-0.05, 0) is 104 Å². The van der Waals surface area contributed by atoms with Crippen molar-refractivity contribution in [3.05, 3.63) is 63.5 Å². The Balaban J connectivity index is 1.27. The molecular weight excluding hydrogens is 468 g/mol. The van der Waals surface area contributed by atoms with Crippen molar-refractivity contribution in [2.75, 3.05) is 39.5 Å². The van der Waals surface area contributed by atoms with Gasteiger partial charge in [-0.3, -0.25) is 4.79 Å². The molecule has 0 spiro atoms. The zero-order valence-corrected chi connectivity index (χ0v) is 21.9. The van der Waals surface area contributed by atoms with Gasteiger partial charge in [0.05, 0.1) is 6.26 Å². The Bertz CT molecular complexity index is 1310. The zero-order chi connectivity index (χ0) is 24.5. The summed E-state index contributed by atoms with van der Waals surface area (Å²) in [5.74, 6) is 0.511. The van der Waals surface area contributed by atoms with Crippen LogP contribution in [0.4, 0.5) is 0 Å². The maximum atomic E-state index is 12.9. The van der Waals surface area contributed by atoms with Crippen molar-refractivity contribution in [2.45, 2.75) is 33.1 Å². The maximum absolute atomic E-state index is 12.9. The van der Waals surface area contributed by atoms with E-state index in [1.54, 1.807) is 23.5 Å². The fourth-order valence-corrected chi connectivity index (χ4v) is 6.04. The molecule has 0 N–H and O–H groups in total. The van der Waals surface area contributed by atoms with Crippen molar-refractivity contribution in [1.82, 2.24) is 9.80 Å². The number of carbonyl (C=O) groups is 1. The van der Waals surface area contributed by atoms with Gasteiger partial charge in [-0.25, -0.2) is 0 Å². The number of aryl methyl sites for hydroxylation is 1. The third-order valence-corrected chi connectivity index (χ3v) is 8.11. The van der Waals surface area contributed by atoms with Crippen LogP contribution in [0.1, 0.15) is 39.0 Å². The lowest BCUT2D eigenvalue weighted by atomic mass is 9.91. The summed E-state index contributed by atoms with van der Waals surface area (Å²) < 4.78 is 28.7. The number of carbonyl (C=O) groups excluding carboxylic acids is 1. The third kappa shape index (κ3) is 5.62. The first kappa shape index (κ1) is 24.7. The van der Waals surface area contributed by atoms with E-state index in [4.69, 9.17) is 4.18 Å². The Morgan fingerprint density at radius 3 is 2.71 bits per heavy atom. The van der Waals surface area contributed by atoms with Crippen molar-refractivity contribution >= 4 is 37.4 Å². The van der Waals surface area contributed by atoms with E-state index in [-0.39, 0.29) is 5.91 Å². The van der Waals surface area contributed by atoms with Crippen molar-refractivity contribution in [2.24, 2.45) is 0 Å². The smallest absolute Gasteiger partial charge is 0.306 e. The SMILES string of the molecule is Cc1ccc2c(c1C)CCN(CCCN(C)CCc1csc3cc(OS(C)(=O)=O)ccc13)C2=O. The van der Waals surface area contributed by atoms with Crippen LogP contribution in [0.5, 0.6) is 5.75 Å². The van der Waals surface area contributed by atoms with Gasteiger partial charge in [0.2, 0.25) is 0 Å². The van der Waals surface area contributed by atoms with Gasteiger partial charge in [-0.15, -0.1) is 11.3 Å². The Morgan fingerprint density at radius 1 is 1.15 bits per heavy atom. The molecule has 4 rings (SSSR count). The molecular formula is C26H32N2O4S2. The van der Waals surface area contributed by atoms with Crippen molar-refractivity contribution < 1.29 is 17.4 Å². The summed E-state index contributed by atoms with van der Waals surface area (Å²) in [5.41, 5.74) is 5.85. The maximum Gasteiger partial charge on any atom is 0.306 e. The second-order valence-corrected chi connectivity index (χ2v) is 11.7. The summed E-state index contributed by atoms with van der Waals surface area (Å²) in [5, 5.41) is 3.28. The number of rotatable bonds is 9. The minimum atomic E-state index is -3.53. The Hall–Kier alpha value is -2.42. The molecule has 0 radical (unpaired) electrons. The summed E-state index contributed by atoms with van der Waals surface area (Å²) in [6.45, 7) is 7.64. The van der Waals surface area contributed by atoms with Gasteiger partial charge in [0.15, 0.2) is 0 Å². The molecule has 34 heavy (non-hydrogen) atoms. The van der Waals surface area contributed by atoms with Crippen molar-refractivity contribution in [1.29, 1.82) is 0 Å². The summed E-state index contributed by atoms with van der Waals surface area (Å²) in [7, 11) is -1.41. The van der Waals surface area contributed by atoms with E-state index in [9.17, 15) is 13.2 Å². The first-order chi connectivity index (χ1) is 16.1. The molecule has 0 unspecified atom stereocenters. The highest BCUT2D eigenvalue weighted by molar-refractivity contribution is 7.86. The lowest BCUT2D eigenvalue weighted by Gasteiger charge is -2.30. The Kier molecular flexibility index (Phi) is 7.31. The minimum absolute atomic E-state index is 0.163. The largest absolute Gasteiger partial charge is 0.383 e. The lowest BCUT2D eigenvalue weighted by Crippen LogP contribution is -2.39. The second kappa shape index (κ2) is 10.1. The highest BCUT2D eigenvalue weighted by atomic mass is 32.2. The van der Waals surface area contributed by atoms with Gasteiger partial charge in [-0.1, -0.05) is 6.07 Å². The molecule has 0 saturated carbocycles. The van der Waals surface area contributed by atoms with Gasteiger partial charge in [0.25, 0.3) is 5.91 Å². The molecule has 2 heterocycles.